The lowest BCUT2D eigenvalue weighted by molar-refractivity contribution is 0.0936. The molecule has 100 valence electrons. The Morgan fingerprint density at radius 3 is 2.84 bits per heavy atom. The number of methoxy groups -OCH3 is 1. The van der Waals surface area contributed by atoms with E-state index < -0.39 is 6.16 Å². The van der Waals surface area contributed by atoms with Crippen LogP contribution in [0.25, 0.3) is 0 Å². The summed E-state index contributed by atoms with van der Waals surface area (Å²) in [5.74, 6) is 0.389. The van der Waals surface area contributed by atoms with Gasteiger partial charge in [0.25, 0.3) is 0 Å². The molecule has 1 N–H and O–H groups in total. The van der Waals surface area contributed by atoms with Gasteiger partial charge in [0.2, 0.25) is 0 Å². The number of thiophene rings is 1. The molecule has 0 atom stereocenters. The Kier molecular flexibility index (Phi) is 4.25. The Morgan fingerprint density at radius 1 is 1.37 bits per heavy atom. The summed E-state index contributed by atoms with van der Waals surface area (Å²) in [6.45, 7) is 0.165. The topological polar surface area (TPSA) is 65.0 Å². The second-order valence-electron chi connectivity index (χ2n) is 3.55. The monoisotopic (exact) mass is 280 g/mol. The summed E-state index contributed by atoms with van der Waals surface area (Å²) < 4.78 is 14.7. The van der Waals surface area contributed by atoms with Gasteiger partial charge in [0.05, 0.1) is 7.11 Å². The van der Waals surface area contributed by atoms with Crippen molar-refractivity contribution < 1.29 is 24.1 Å². The molecule has 1 aromatic carbocycles. The second-order valence-corrected chi connectivity index (χ2v) is 4.59. The van der Waals surface area contributed by atoms with E-state index in [4.69, 9.17) is 14.2 Å². The highest BCUT2D eigenvalue weighted by Gasteiger charge is 2.09. The van der Waals surface area contributed by atoms with Crippen molar-refractivity contribution in [1.29, 1.82) is 0 Å². The third-order valence-corrected chi connectivity index (χ3v) is 3.11. The Hall–Kier alpha value is -2.21. The van der Waals surface area contributed by atoms with Crippen LogP contribution < -0.4 is 9.47 Å². The molecule has 0 bridgehead atoms. The highest BCUT2D eigenvalue weighted by Crippen LogP contribution is 2.29. The van der Waals surface area contributed by atoms with Gasteiger partial charge in [-0.25, -0.2) is 4.79 Å². The van der Waals surface area contributed by atoms with Crippen molar-refractivity contribution >= 4 is 17.5 Å². The van der Waals surface area contributed by atoms with Crippen LogP contribution in [-0.4, -0.2) is 18.4 Å². The molecular formula is C13H12O5S. The number of carbonyl (C=O) groups is 1. The molecule has 19 heavy (non-hydrogen) atoms. The zero-order valence-corrected chi connectivity index (χ0v) is 11.0. The van der Waals surface area contributed by atoms with Gasteiger partial charge in [-0.05, 0) is 23.6 Å². The maximum absolute atomic E-state index is 11.4. The number of rotatable bonds is 4. The number of hydrogen-bond donors (Lipinski definition) is 1. The molecule has 0 spiro atoms. The van der Waals surface area contributed by atoms with Crippen LogP contribution >= 0.6 is 11.3 Å². The van der Waals surface area contributed by atoms with E-state index in [1.165, 1.54) is 36.6 Å². The summed E-state index contributed by atoms with van der Waals surface area (Å²) in [6.07, 6.45) is -0.821. The van der Waals surface area contributed by atoms with E-state index in [9.17, 15) is 9.90 Å². The number of carbonyl (C=O) groups excluding carboxylic acids is 1. The lowest BCUT2D eigenvalue weighted by atomic mass is 10.3. The number of phenolic OH excluding ortho intramolecular Hbond substituents is 1. The molecule has 1 aromatic heterocycles. The van der Waals surface area contributed by atoms with Crippen LogP contribution in [-0.2, 0) is 11.3 Å². The third kappa shape index (κ3) is 3.62. The zero-order chi connectivity index (χ0) is 13.7. The second kappa shape index (κ2) is 6.10. The maximum Gasteiger partial charge on any atom is 0.514 e. The highest BCUT2D eigenvalue weighted by molar-refractivity contribution is 7.09. The molecule has 2 rings (SSSR count). The van der Waals surface area contributed by atoms with Gasteiger partial charge in [-0.15, -0.1) is 11.3 Å². The van der Waals surface area contributed by atoms with Gasteiger partial charge < -0.3 is 19.3 Å². The summed E-state index contributed by atoms with van der Waals surface area (Å²) >= 11 is 1.49. The van der Waals surface area contributed by atoms with Crippen LogP contribution in [0.2, 0.25) is 0 Å². The molecule has 1 heterocycles. The number of ether oxygens (including phenoxy) is 3. The molecule has 0 radical (unpaired) electrons. The summed E-state index contributed by atoms with van der Waals surface area (Å²) in [5.41, 5.74) is 0. The van der Waals surface area contributed by atoms with Gasteiger partial charge in [0.1, 0.15) is 12.4 Å². The van der Waals surface area contributed by atoms with E-state index in [0.29, 0.717) is 5.75 Å². The number of phenols is 1. The molecule has 2 aromatic rings. The first-order valence-corrected chi connectivity index (χ1v) is 6.31. The quantitative estimate of drug-likeness (QED) is 0.688. The zero-order valence-electron chi connectivity index (χ0n) is 10.2. The van der Waals surface area contributed by atoms with E-state index in [2.05, 4.69) is 0 Å². The van der Waals surface area contributed by atoms with Gasteiger partial charge in [-0.1, -0.05) is 6.07 Å². The number of benzene rings is 1. The Morgan fingerprint density at radius 2 is 2.21 bits per heavy atom. The average Bonchev–Trinajstić information content (AvgIpc) is 2.90. The predicted octanol–water partition coefficient (Wildman–Crippen LogP) is 3.18. The van der Waals surface area contributed by atoms with E-state index in [0.717, 1.165) is 4.88 Å². The Bertz CT molecular complexity index is 550. The number of aromatic hydroxyl groups is 1. The standard InChI is InChI=1S/C13H12O5S/c1-16-12-5-4-9(7-11(12)14)18-13(15)17-8-10-3-2-6-19-10/h2-7,14H,8H2,1H3. The van der Waals surface area contributed by atoms with Crippen molar-refractivity contribution in [1.82, 2.24) is 0 Å². The summed E-state index contributed by atoms with van der Waals surface area (Å²) in [6, 6.07) is 8.01. The van der Waals surface area contributed by atoms with Crippen LogP contribution in [0.4, 0.5) is 4.79 Å². The molecule has 0 fully saturated rings. The normalized spacial score (nSPS) is 9.95. The molecule has 0 aliphatic carbocycles. The predicted molar refractivity (Wildman–Crippen MR) is 69.8 cm³/mol. The van der Waals surface area contributed by atoms with E-state index in [-0.39, 0.29) is 18.1 Å². The fraction of sp³-hybridized carbons (Fsp3) is 0.154. The van der Waals surface area contributed by atoms with Crippen LogP contribution in [0.15, 0.2) is 35.7 Å². The molecule has 0 aliphatic rings. The molecule has 5 nitrogen and oxygen atoms in total. The van der Waals surface area contributed by atoms with Crippen LogP contribution in [0.1, 0.15) is 4.88 Å². The van der Waals surface area contributed by atoms with Crippen molar-refractivity contribution in [3.63, 3.8) is 0 Å². The van der Waals surface area contributed by atoms with Crippen LogP contribution in [0.5, 0.6) is 17.2 Å². The lowest BCUT2D eigenvalue weighted by Crippen LogP contribution is -2.09. The van der Waals surface area contributed by atoms with Crippen LogP contribution in [0.3, 0.4) is 0 Å². The summed E-state index contributed by atoms with van der Waals surface area (Å²) in [4.78, 5) is 12.3. The van der Waals surface area contributed by atoms with Crippen molar-refractivity contribution in [2.75, 3.05) is 7.11 Å². The Labute approximate surface area is 114 Å². The van der Waals surface area contributed by atoms with Gasteiger partial charge >= 0.3 is 6.16 Å². The lowest BCUT2D eigenvalue weighted by Gasteiger charge is -2.07. The van der Waals surface area contributed by atoms with Crippen molar-refractivity contribution in [2.24, 2.45) is 0 Å². The average molecular weight is 280 g/mol. The van der Waals surface area contributed by atoms with E-state index in [1.807, 2.05) is 17.5 Å². The molecule has 0 saturated carbocycles. The largest absolute Gasteiger partial charge is 0.514 e. The first-order valence-electron chi connectivity index (χ1n) is 5.43. The molecule has 0 aliphatic heterocycles. The molecule has 0 unspecified atom stereocenters. The minimum absolute atomic E-state index is 0.106. The molecule has 0 saturated heterocycles. The summed E-state index contributed by atoms with van der Waals surface area (Å²) in [7, 11) is 1.44. The van der Waals surface area contributed by atoms with Crippen molar-refractivity contribution in [3.05, 3.63) is 40.6 Å². The van der Waals surface area contributed by atoms with Crippen molar-refractivity contribution in [3.8, 4) is 17.2 Å². The fourth-order valence-electron chi connectivity index (χ4n) is 1.38. The van der Waals surface area contributed by atoms with Gasteiger partial charge in [0.15, 0.2) is 11.5 Å². The van der Waals surface area contributed by atoms with Gasteiger partial charge in [0, 0.05) is 10.9 Å². The molecule has 0 amide bonds. The van der Waals surface area contributed by atoms with E-state index >= 15 is 0 Å². The fourth-order valence-corrected chi connectivity index (χ4v) is 2.00. The minimum atomic E-state index is -0.821. The minimum Gasteiger partial charge on any atom is -0.504 e. The first kappa shape index (κ1) is 13.2. The van der Waals surface area contributed by atoms with Crippen LogP contribution in [0, 0.1) is 0 Å². The summed E-state index contributed by atoms with van der Waals surface area (Å²) in [5, 5.41) is 11.4. The van der Waals surface area contributed by atoms with Crippen molar-refractivity contribution in [2.45, 2.75) is 6.61 Å². The van der Waals surface area contributed by atoms with Gasteiger partial charge in [-0.3, -0.25) is 0 Å². The SMILES string of the molecule is COc1ccc(OC(=O)OCc2cccs2)cc1O. The third-order valence-electron chi connectivity index (χ3n) is 2.26. The van der Waals surface area contributed by atoms with Gasteiger partial charge in [-0.2, -0.15) is 0 Å². The Balaban J connectivity index is 1.90. The maximum atomic E-state index is 11.4. The smallest absolute Gasteiger partial charge is 0.504 e. The molecular weight excluding hydrogens is 268 g/mol. The number of hydrogen-bond acceptors (Lipinski definition) is 6. The first-order chi connectivity index (χ1) is 9.19. The van der Waals surface area contributed by atoms with E-state index in [1.54, 1.807) is 0 Å². The highest BCUT2D eigenvalue weighted by atomic mass is 32.1. The molecule has 6 heteroatoms.